The zero-order chi connectivity index (χ0) is 13.5. The van der Waals surface area contributed by atoms with Crippen LogP contribution >= 0.6 is 0 Å². The van der Waals surface area contributed by atoms with Crippen molar-refractivity contribution in [2.24, 2.45) is 0 Å². The second-order valence-corrected chi connectivity index (χ2v) is 4.54. The number of hydrogen-bond acceptors (Lipinski definition) is 3. The minimum absolute atomic E-state index is 0.00308. The molecule has 1 atom stereocenters. The molecule has 1 aromatic rings. The summed E-state index contributed by atoms with van der Waals surface area (Å²) in [6, 6.07) is 5.71. The third-order valence-electron chi connectivity index (χ3n) is 2.72. The smallest absolute Gasteiger partial charge is 0.258 e. The number of nitrogens with two attached hydrogens (primary N) is 1. The molecule has 0 fully saturated rings. The predicted octanol–water partition coefficient (Wildman–Crippen LogP) is 2.26. The first kappa shape index (κ1) is 14.4. The van der Waals surface area contributed by atoms with Crippen LogP contribution in [0.5, 0.6) is 5.75 Å². The van der Waals surface area contributed by atoms with E-state index in [1.54, 1.807) is 6.07 Å². The van der Waals surface area contributed by atoms with Crippen LogP contribution in [0.15, 0.2) is 18.2 Å². The Morgan fingerprint density at radius 2 is 2.22 bits per heavy atom. The lowest BCUT2D eigenvalue weighted by Crippen LogP contribution is -2.36. The minimum atomic E-state index is -0.112. The number of amides is 1. The molecular formula is C14H22N2O2. The van der Waals surface area contributed by atoms with Gasteiger partial charge in [0, 0.05) is 6.04 Å². The fourth-order valence-corrected chi connectivity index (χ4v) is 1.83. The van der Waals surface area contributed by atoms with Gasteiger partial charge in [-0.1, -0.05) is 25.5 Å². The zero-order valence-corrected chi connectivity index (χ0v) is 11.3. The highest BCUT2D eigenvalue weighted by atomic mass is 16.5. The number of hydrogen-bond donors (Lipinski definition) is 2. The molecule has 0 aliphatic carbocycles. The van der Waals surface area contributed by atoms with Gasteiger partial charge in [-0.3, -0.25) is 4.79 Å². The van der Waals surface area contributed by atoms with Gasteiger partial charge in [0.05, 0.1) is 5.69 Å². The van der Waals surface area contributed by atoms with Crippen molar-refractivity contribution >= 4 is 11.6 Å². The van der Waals surface area contributed by atoms with E-state index in [0.29, 0.717) is 11.4 Å². The van der Waals surface area contributed by atoms with E-state index in [-0.39, 0.29) is 18.6 Å². The summed E-state index contributed by atoms with van der Waals surface area (Å²) in [4.78, 5) is 11.6. The van der Waals surface area contributed by atoms with Gasteiger partial charge in [0.2, 0.25) is 0 Å². The number of rotatable bonds is 6. The van der Waals surface area contributed by atoms with Crippen molar-refractivity contribution in [3.05, 3.63) is 23.8 Å². The molecule has 0 bridgehead atoms. The van der Waals surface area contributed by atoms with Gasteiger partial charge in [-0.25, -0.2) is 0 Å². The topological polar surface area (TPSA) is 64.3 Å². The molecule has 1 unspecified atom stereocenters. The van der Waals surface area contributed by atoms with Gasteiger partial charge in [-0.2, -0.15) is 0 Å². The fourth-order valence-electron chi connectivity index (χ4n) is 1.83. The highest BCUT2D eigenvalue weighted by Gasteiger charge is 2.09. The SMILES string of the molecule is CCCC(C)NC(=O)COc1c(C)cccc1N. The lowest BCUT2D eigenvalue weighted by Gasteiger charge is -2.14. The Balaban J connectivity index is 2.48. The molecule has 0 aliphatic heterocycles. The first-order valence-electron chi connectivity index (χ1n) is 6.31. The average molecular weight is 250 g/mol. The number of aryl methyl sites for hydroxylation is 1. The largest absolute Gasteiger partial charge is 0.481 e. The van der Waals surface area contributed by atoms with Gasteiger partial charge in [0.15, 0.2) is 6.61 Å². The van der Waals surface area contributed by atoms with Crippen LogP contribution in [0.25, 0.3) is 0 Å². The number of para-hydroxylation sites is 1. The zero-order valence-electron chi connectivity index (χ0n) is 11.3. The lowest BCUT2D eigenvalue weighted by atomic mass is 10.2. The van der Waals surface area contributed by atoms with E-state index >= 15 is 0 Å². The van der Waals surface area contributed by atoms with E-state index < -0.39 is 0 Å². The molecule has 0 saturated heterocycles. The van der Waals surface area contributed by atoms with Crippen molar-refractivity contribution in [2.75, 3.05) is 12.3 Å². The second kappa shape index (κ2) is 6.89. The Bertz CT molecular complexity index is 385. The van der Waals surface area contributed by atoms with Gasteiger partial charge in [-0.15, -0.1) is 0 Å². The number of ether oxygens (including phenoxy) is 1. The summed E-state index contributed by atoms with van der Waals surface area (Å²) in [6.45, 7) is 5.99. The molecule has 3 N–H and O–H groups in total. The Labute approximate surface area is 109 Å². The molecular weight excluding hydrogens is 228 g/mol. The molecule has 1 rings (SSSR count). The van der Waals surface area contributed by atoms with Crippen LogP contribution in [0.1, 0.15) is 32.3 Å². The maximum atomic E-state index is 11.6. The van der Waals surface area contributed by atoms with Gasteiger partial charge in [-0.05, 0) is 31.9 Å². The molecule has 1 amide bonds. The summed E-state index contributed by atoms with van der Waals surface area (Å²) in [6.07, 6.45) is 2.02. The Kier molecular flexibility index (Phi) is 5.49. The van der Waals surface area contributed by atoms with Crippen molar-refractivity contribution in [1.29, 1.82) is 0 Å². The minimum Gasteiger partial charge on any atom is -0.481 e. The number of nitrogen functional groups attached to an aromatic ring is 1. The third-order valence-corrected chi connectivity index (χ3v) is 2.72. The first-order chi connectivity index (χ1) is 8.54. The molecule has 1 aromatic carbocycles. The maximum Gasteiger partial charge on any atom is 0.258 e. The quantitative estimate of drug-likeness (QED) is 0.761. The normalized spacial score (nSPS) is 11.9. The van der Waals surface area contributed by atoms with Crippen molar-refractivity contribution in [2.45, 2.75) is 39.7 Å². The molecule has 0 radical (unpaired) electrons. The second-order valence-electron chi connectivity index (χ2n) is 4.54. The van der Waals surface area contributed by atoms with Crippen LogP contribution < -0.4 is 15.8 Å². The number of carbonyl (C=O) groups is 1. The monoisotopic (exact) mass is 250 g/mol. The van der Waals surface area contributed by atoms with Gasteiger partial charge < -0.3 is 15.8 Å². The van der Waals surface area contributed by atoms with E-state index in [1.165, 1.54) is 0 Å². The summed E-state index contributed by atoms with van der Waals surface area (Å²) in [5, 5.41) is 2.89. The number of benzene rings is 1. The Morgan fingerprint density at radius 3 is 2.83 bits per heavy atom. The van der Waals surface area contributed by atoms with Crippen LogP contribution in [0.4, 0.5) is 5.69 Å². The van der Waals surface area contributed by atoms with Crippen molar-refractivity contribution in [3.63, 3.8) is 0 Å². The molecule has 4 nitrogen and oxygen atoms in total. The van der Waals surface area contributed by atoms with Crippen LogP contribution in [-0.4, -0.2) is 18.6 Å². The molecule has 0 spiro atoms. The summed E-state index contributed by atoms with van der Waals surface area (Å²) >= 11 is 0. The van der Waals surface area contributed by atoms with Crippen LogP contribution in [0.2, 0.25) is 0 Å². The highest BCUT2D eigenvalue weighted by molar-refractivity contribution is 5.78. The standard InChI is InChI=1S/C14H22N2O2/c1-4-6-11(3)16-13(17)9-18-14-10(2)7-5-8-12(14)15/h5,7-8,11H,4,6,9,15H2,1-3H3,(H,16,17). The average Bonchev–Trinajstić information content (AvgIpc) is 2.28. The molecule has 4 heteroatoms. The molecule has 18 heavy (non-hydrogen) atoms. The van der Waals surface area contributed by atoms with Crippen molar-refractivity contribution < 1.29 is 9.53 Å². The molecule has 0 saturated carbocycles. The van der Waals surface area contributed by atoms with Crippen molar-refractivity contribution in [3.8, 4) is 5.75 Å². The lowest BCUT2D eigenvalue weighted by molar-refractivity contribution is -0.123. The highest BCUT2D eigenvalue weighted by Crippen LogP contribution is 2.25. The fraction of sp³-hybridized carbons (Fsp3) is 0.500. The van der Waals surface area contributed by atoms with Crippen LogP contribution in [0, 0.1) is 6.92 Å². The summed E-state index contributed by atoms with van der Waals surface area (Å²) < 4.78 is 5.47. The van der Waals surface area contributed by atoms with E-state index in [2.05, 4.69) is 12.2 Å². The molecule has 0 aromatic heterocycles. The number of nitrogens with one attached hydrogen (secondary N) is 1. The van der Waals surface area contributed by atoms with Gasteiger partial charge in [0.25, 0.3) is 5.91 Å². The number of carbonyl (C=O) groups excluding carboxylic acids is 1. The predicted molar refractivity (Wildman–Crippen MR) is 73.6 cm³/mol. The van der Waals surface area contributed by atoms with Crippen LogP contribution in [-0.2, 0) is 4.79 Å². The Hall–Kier alpha value is -1.71. The molecule has 0 heterocycles. The van der Waals surface area contributed by atoms with Crippen molar-refractivity contribution in [1.82, 2.24) is 5.32 Å². The maximum absolute atomic E-state index is 11.6. The number of anilines is 1. The summed E-state index contributed by atoms with van der Waals surface area (Å²) in [7, 11) is 0. The molecule has 100 valence electrons. The van der Waals surface area contributed by atoms with E-state index in [1.807, 2.05) is 26.0 Å². The van der Waals surface area contributed by atoms with E-state index in [9.17, 15) is 4.79 Å². The van der Waals surface area contributed by atoms with Crippen LogP contribution in [0.3, 0.4) is 0 Å². The van der Waals surface area contributed by atoms with Gasteiger partial charge >= 0.3 is 0 Å². The summed E-state index contributed by atoms with van der Waals surface area (Å²) in [5.74, 6) is 0.481. The Morgan fingerprint density at radius 1 is 1.50 bits per heavy atom. The van der Waals surface area contributed by atoms with Gasteiger partial charge in [0.1, 0.15) is 5.75 Å². The first-order valence-corrected chi connectivity index (χ1v) is 6.31. The summed E-state index contributed by atoms with van der Waals surface area (Å²) in [5.41, 5.74) is 7.29. The van der Waals surface area contributed by atoms with E-state index in [0.717, 1.165) is 18.4 Å². The van der Waals surface area contributed by atoms with E-state index in [4.69, 9.17) is 10.5 Å². The third kappa shape index (κ3) is 4.28. The molecule has 0 aliphatic rings.